The van der Waals surface area contributed by atoms with Gasteiger partial charge in [-0.3, -0.25) is 0 Å². The number of nitrogens with two attached hydrogens (primary N) is 1. The normalized spacial score (nSPS) is 20.7. The van der Waals surface area contributed by atoms with Gasteiger partial charge in [0.2, 0.25) is 0 Å². The number of rotatable bonds is 4. The molecule has 1 fully saturated rings. The molecule has 0 amide bonds. The second-order valence-electron chi connectivity index (χ2n) is 3.79. The summed E-state index contributed by atoms with van der Waals surface area (Å²) in [5.41, 5.74) is 5.98. The first kappa shape index (κ1) is 12.2. The maximum absolute atomic E-state index is 8.58. The SMILES string of the molecule is N/C(=N/O)c1cccc(SCC2CCCO2)n1. The van der Waals surface area contributed by atoms with E-state index in [4.69, 9.17) is 15.7 Å². The zero-order valence-corrected chi connectivity index (χ0v) is 10.2. The summed E-state index contributed by atoms with van der Waals surface area (Å²) < 4.78 is 5.54. The first-order valence-corrected chi connectivity index (χ1v) is 6.47. The van der Waals surface area contributed by atoms with Gasteiger partial charge in [-0.05, 0) is 25.0 Å². The Balaban J connectivity index is 1.96. The number of aromatic nitrogens is 1. The van der Waals surface area contributed by atoms with Crippen molar-refractivity contribution in [1.82, 2.24) is 4.98 Å². The van der Waals surface area contributed by atoms with Crippen LogP contribution in [-0.4, -0.2) is 34.5 Å². The van der Waals surface area contributed by atoms with Crippen molar-refractivity contribution in [3.63, 3.8) is 0 Å². The topological polar surface area (TPSA) is 80.7 Å². The monoisotopic (exact) mass is 253 g/mol. The molecule has 0 aliphatic carbocycles. The number of ether oxygens (including phenoxy) is 1. The average Bonchev–Trinajstić information content (AvgIpc) is 2.89. The van der Waals surface area contributed by atoms with Gasteiger partial charge in [-0.15, -0.1) is 11.8 Å². The molecular weight excluding hydrogens is 238 g/mol. The molecule has 1 unspecified atom stereocenters. The highest BCUT2D eigenvalue weighted by atomic mass is 32.2. The zero-order valence-electron chi connectivity index (χ0n) is 9.37. The Hall–Kier alpha value is -1.27. The quantitative estimate of drug-likeness (QED) is 0.279. The van der Waals surface area contributed by atoms with Crippen LogP contribution in [0.5, 0.6) is 0 Å². The van der Waals surface area contributed by atoms with Crippen LogP contribution in [0.25, 0.3) is 0 Å². The van der Waals surface area contributed by atoms with Crippen molar-refractivity contribution in [3.8, 4) is 0 Å². The molecule has 0 spiro atoms. The number of hydrogen-bond acceptors (Lipinski definition) is 5. The Morgan fingerprint density at radius 3 is 3.24 bits per heavy atom. The van der Waals surface area contributed by atoms with Crippen LogP contribution >= 0.6 is 11.8 Å². The molecule has 1 aromatic heterocycles. The van der Waals surface area contributed by atoms with Crippen molar-refractivity contribution in [1.29, 1.82) is 0 Å². The van der Waals surface area contributed by atoms with Gasteiger partial charge < -0.3 is 15.7 Å². The van der Waals surface area contributed by atoms with E-state index in [1.807, 2.05) is 12.1 Å². The third kappa shape index (κ3) is 3.34. The molecule has 0 bridgehead atoms. The molecule has 0 saturated carbocycles. The molecule has 6 heteroatoms. The van der Waals surface area contributed by atoms with Crippen LogP contribution < -0.4 is 5.73 Å². The molecule has 0 aromatic carbocycles. The summed E-state index contributed by atoms with van der Waals surface area (Å²) in [6.45, 7) is 0.864. The molecule has 0 radical (unpaired) electrons. The van der Waals surface area contributed by atoms with E-state index in [1.165, 1.54) is 0 Å². The Morgan fingerprint density at radius 1 is 1.65 bits per heavy atom. The first-order chi connectivity index (χ1) is 8.29. The molecule has 1 aromatic rings. The summed E-state index contributed by atoms with van der Waals surface area (Å²) in [6, 6.07) is 5.47. The summed E-state index contributed by atoms with van der Waals surface area (Å²) in [5.74, 6) is 0.927. The van der Waals surface area contributed by atoms with Gasteiger partial charge in [0.1, 0.15) is 5.69 Å². The van der Waals surface area contributed by atoms with E-state index in [1.54, 1.807) is 17.8 Å². The number of nitrogens with zero attached hydrogens (tertiary/aromatic N) is 2. The molecule has 2 rings (SSSR count). The van der Waals surface area contributed by atoms with Gasteiger partial charge in [0.25, 0.3) is 0 Å². The van der Waals surface area contributed by atoms with Gasteiger partial charge in [-0.1, -0.05) is 11.2 Å². The van der Waals surface area contributed by atoms with Gasteiger partial charge in [-0.25, -0.2) is 4.98 Å². The lowest BCUT2D eigenvalue weighted by Gasteiger charge is -2.08. The van der Waals surface area contributed by atoms with Crippen molar-refractivity contribution in [2.24, 2.45) is 10.9 Å². The summed E-state index contributed by atoms with van der Waals surface area (Å²) in [7, 11) is 0. The number of oxime groups is 1. The van der Waals surface area contributed by atoms with E-state index < -0.39 is 0 Å². The van der Waals surface area contributed by atoms with Crippen LogP contribution in [0.15, 0.2) is 28.4 Å². The number of thioether (sulfide) groups is 1. The third-order valence-electron chi connectivity index (χ3n) is 2.53. The predicted molar refractivity (Wildman–Crippen MR) is 66.4 cm³/mol. The standard InChI is InChI=1S/C11H15N3O2S/c12-11(14-15)9-4-1-5-10(13-9)17-7-8-3-2-6-16-8/h1,4-5,8,15H,2-3,6-7H2,(H2,12,14). The summed E-state index contributed by atoms with van der Waals surface area (Å²) in [5, 5.41) is 12.4. The predicted octanol–water partition coefficient (Wildman–Crippen LogP) is 1.45. The molecule has 1 aliphatic heterocycles. The van der Waals surface area contributed by atoms with Gasteiger partial charge >= 0.3 is 0 Å². The van der Waals surface area contributed by atoms with Crippen LogP contribution in [0, 0.1) is 0 Å². The van der Waals surface area contributed by atoms with Crippen molar-refractivity contribution >= 4 is 17.6 Å². The smallest absolute Gasteiger partial charge is 0.188 e. The molecule has 1 atom stereocenters. The maximum Gasteiger partial charge on any atom is 0.188 e. The largest absolute Gasteiger partial charge is 0.409 e. The van der Waals surface area contributed by atoms with Crippen LogP contribution in [0.4, 0.5) is 0 Å². The van der Waals surface area contributed by atoms with Crippen molar-refractivity contribution in [3.05, 3.63) is 23.9 Å². The minimum atomic E-state index is 0.0320. The fraction of sp³-hybridized carbons (Fsp3) is 0.455. The Bertz CT molecular complexity index is 405. The fourth-order valence-electron chi connectivity index (χ4n) is 1.64. The van der Waals surface area contributed by atoms with E-state index in [0.29, 0.717) is 11.8 Å². The van der Waals surface area contributed by atoms with Gasteiger partial charge in [0.15, 0.2) is 5.84 Å². The van der Waals surface area contributed by atoms with Crippen LogP contribution in [-0.2, 0) is 4.74 Å². The number of hydrogen-bond donors (Lipinski definition) is 2. The van der Waals surface area contributed by atoms with Crippen LogP contribution in [0.1, 0.15) is 18.5 Å². The molecule has 5 nitrogen and oxygen atoms in total. The Morgan fingerprint density at radius 2 is 2.53 bits per heavy atom. The molecule has 17 heavy (non-hydrogen) atoms. The maximum atomic E-state index is 8.58. The lowest BCUT2D eigenvalue weighted by Crippen LogP contribution is -2.15. The fourth-order valence-corrected chi connectivity index (χ4v) is 2.60. The summed E-state index contributed by atoms with van der Waals surface area (Å²) in [4.78, 5) is 4.30. The van der Waals surface area contributed by atoms with Crippen LogP contribution in [0.2, 0.25) is 0 Å². The van der Waals surface area contributed by atoms with Crippen molar-refractivity contribution < 1.29 is 9.94 Å². The second kappa shape index (κ2) is 5.88. The lowest BCUT2D eigenvalue weighted by atomic mass is 10.3. The van der Waals surface area contributed by atoms with E-state index in [0.717, 1.165) is 30.2 Å². The lowest BCUT2D eigenvalue weighted by molar-refractivity contribution is 0.129. The minimum absolute atomic E-state index is 0.0320. The van der Waals surface area contributed by atoms with E-state index >= 15 is 0 Å². The highest BCUT2D eigenvalue weighted by Gasteiger charge is 2.15. The third-order valence-corrected chi connectivity index (χ3v) is 3.60. The number of amidine groups is 1. The molecule has 2 heterocycles. The van der Waals surface area contributed by atoms with E-state index in [-0.39, 0.29) is 5.84 Å². The van der Waals surface area contributed by atoms with Gasteiger partial charge in [0.05, 0.1) is 11.1 Å². The molecule has 3 N–H and O–H groups in total. The summed E-state index contributed by atoms with van der Waals surface area (Å²) >= 11 is 1.63. The Labute approximate surface area is 104 Å². The second-order valence-corrected chi connectivity index (χ2v) is 4.83. The van der Waals surface area contributed by atoms with E-state index in [9.17, 15) is 0 Å². The highest BCUT2D eigenvalue weighted by Crippen LogP contribution is 2.22. The highest BCUT2D eigenvalue weighted by molar-refractivity contribution is 7.99. The number of pyridine rings is 1. The van der Waals surface area contributed by atoms with Gasteiger partial charge in [0, 0.05) is 12.4 Å². The molecular formula is C11H15N3O2S. The van der Waals surface area contributed by atoms with Crippen molar-refractivity contribution in [2.75, 3.05) is 12.4 Å². The molecule has 92 valence electrons. The van der Waals surface area contributed by atoms with Crippen molar-refractivity contribution in [2.45, 2.75) is 24.0 Å². The Kier molecular flexibility index (Phi) is 4.22. The van der Waals surface area contributed by atoms with E-state index in [2.05, 4.69) is 10.1 Å². The first-order valence-electron chi connectivity index (χ1n) is 5.49. The van der Waals surface area contributed by atoms with Gasteiger partial charge in [-0.2, -0.15) is 0 Å². The van der Waals surface area contributed by atoms with Crippen LogP contribution in [0.3, 0.4) is 0 Å². The molecule has 1 aliphatic rings. The average molecular weight is 253 g/mol. The minimum Gasteiger partial charge on any atom is -0.409 e. The zero-order chi connectivity index (χ0) is 12.1. The summed E-state index contributed by atoms with van der Waals surface area (Å²) in [6.07, 6.45) is 2.59. The molecule has 1 saturated heterocycles.